The summed E-state index contributed by atoms with van der Waals surface area (Å²) in [5, 5.41) is 7.92. The number of aromatic nitrogens is 2. The molecule has 0 amide bonds. The molecule has 0 aliphatic carbocycles. The molecule has 0 unspecified atom stereocenters. The lowest BCUT2D eigenvalue weighted by molar-refractivity contribution is 0.00755. The number of ether oxygens (including phenoxy) is 1. The summed E-state index contributed by atoms with van der Waals surface area (Å²) in [6, 6.07) is 7.65. The summed E-state index contributed by atoms with van der Waals surface area (Å²) in [7, 11) is 0. The van der Waals surface area contributed by atoms with E-state index in [0.717, 1.165) is 12.1 Å². The highest BCUT2D eigenvalue weighted by Crippen LogP contribution is 2.20. The van der Waals surface area contributed by atoms with Gasteiger partial charge in [0.15, 0.2) is 5.82 Å². The van der Waals surface area contributed by atoms with Crippen LogP contribution in [-0.4, -0.2) is 29.8 Å². The van der Waals surface area contributed by atoms with E-state index >= 15 is 0 Å². The topological polar surface area (TPSA) is 60.2 Å². The van der Waals surface area contributed by atoms with Gasteiger partial charge in [-0.3, -0.25) is 0 Å². The number of rotatable bonds is 3. The Bertz CT molecular complexity index is 552. The minimum absolute atomic E-state index is 0.152. The molecule has 0 spiro atoms. The Morgan fingerprint density at radius 2 is 2.26 bits per heavy atom. The fourth-order valence-corrected chi connectivity index (χ4v) is 2.21. The summed E-state index contributed by atoms with van der Waals surface area (Å²) in [6.45, 7) is 2.22. The van der Waals surface area contributed by atoms with E-state index in [4.69, 9.17) is 20.9 Å². The SMILES string of the molecule is Clc1ccccc1Cc1noc([C@@H]2CNCCO2)n1. The van der Waals surface area contributed by atoms with Crippen molar-refractivity contribution in [1.29, 1.82) is 0 Å². The van der Waals surface area contributed by atoms with Gasteiger partial charge >= 0.3 is 0 Å². The van der Waals surface area contributed by atoms with Crippen LogP contribution in [0.25, 0.3) is 0 Å². The molecule has 100 valence electrons. The fraction of sp³-hybridized carbons (Fsp3) is 0.385. The van der Waals surface area contributed by atoms with Gasteiger partial charge in [-0.15, -0.1) is 0 Å². The number of hydrogen-bond donors (Lipinski definition) is 1. The number of halogens is 1. The predicted molar refractivity (Wildman–Crippen MR) is 70.1 cm³/mol. The van der Waals surface area contributed by atoms with Gasteiger partial charge in [0.05, 0.1) is 6.61 Å². The molecule has 1 fully saturated rings. The molecule has 5 nitrogen and oxygen atoms in total. The third kappa shape index (κ3) is 2.94. The lowest BCUT2D eigenvalue weighted by Crippen LogP contribution is -2.33. The Hall–Kier alpha value is -1.43. The first kappa shape index (κ1) is 12.6. The van der Waals surface area contributed by atoms with Crippen molar-refractivity contribution in [2.24, 2.45) is 0 Å². The van der Waals surface area contributed by atoms with Gasteiger partial charge in [0.1, 0.15) is 6.10 Å². The van der Waals surface area contributed by atoms with E-state index in [0.29, 0.717) is 36.3 Å². The molecule has 6 heteroatoms. The van der Waals surface area contributed by atoms with Gasteiger partial charge in [-0.05, 0) is 11.6 Å². The smallest absolute Gasteiger partial charge is 0.257 e. The van der Waals surface area contributed by atoms with Gasteiger partial charge in [-0.1, -0.05) is 35.0 Å². The van der Waals surface area contributed by atoms with Crippen molar-refractivity contribution < 1.29 is 9.26 Å². The van der Waals surface area contributed by atoms with Crippen LogP contribution in [0, 0.1) is 0 Å². The fourth-order valence-electron chi connectivity index (χ4n) is 2.01. The Morgan fingerprint density at radius 1 is 1.37 bits per heavy atom. The third-order valence-electron chi connectivity index (χ3n) is 2.99. The summed E-state index contributed by atoms with van der Waals surface area (Å²) in [5.74, 6) is 1.14. The third-order valence-corrected chi connectivity index (χ3v) is 3.36. The minimum Gasteiger partial charge on any atom is -0.366 e. The van der Waals surface area contributed by atoms with Crippen LogP contribution in [0.5, 0.6) is 0 Å². The summed E-state index contributed by atoms with van der Waals surface area (Å²) in [4.78, 5) is 4.37. The van der Waals surface area contributed by atoms with E-state index in [1.165, 1.54) is 0 Å². The lowest BCUT2D eigenvalue weighted by atomic mass is 10.1. The van der Waals surface area contributed by atoms with Crippen LogP contribution >= 0.6 is 11.6 Å². The molecule has 1 N–H and O–H groups in total. The van der Waals surface area contributed by atoms with Gasteiger partial charge in [0, 0.05) is 24.5 Å². The lowest BCUT2D eigenvalue weighted by Gasteiger charge is -2.19. The van der Waals surface area contributed by atoms with Gasteiger partial charge in [-0.25, -0.2) is 0 Å². The van der Waals surface area contributed by atoms with Crippen LogP contribution in [0.2, 0.25) is 5.02 Å². The quantitative estimate of drug-likeness (QED) is 0.931. The van der Waals surface area contributed by atoms with Crippen LogP contribution in [-0.2, 0) is 11.2 Å². The second kappa shape index (κ2) is 5.69. The summed E-state index contributed by atoms with van der Waals surface area (Å²) >= 11 is 6.11. The molecule has 0 saturated carbocycles. The van der Waals surface area contributed by atoms with E-state index in [2.05, 4.69) is 15.5 Å². The maximum atomic E-state index is 6.11. The van der Waals surface area contributed by atoms with Crippen molar-refractivity contribution in [3.8, 4) is 0 Å². The van der Waals surface area contributed by atoms with E-state index in [-0.39, 0.29) is 6.10 Å². The van der Waals surface area contributed by atoms with Gasteiger partial charge in [-0.2, -0.15) is 4.98 Å². The highest BCUT2D eigenvalue weighted by atomic mass is 35.5. The zero-order valence-corrected chi connectivity index (χ0v) is 11.1. The summed E-state index contributed by atoms with van der Waals surface area (Å²) < 4.78 is 10.8. The van der Waals surface area contributed by atoms with Crippen LogP contribution < -0.4 is 5.32 Å². The first-order valence-corrected chi connectivity index (χ1v) is 6.59. The van der Waals surface area contributed by atoms with Crippen molar-refractivity contribution in [2.75, 3.05) is 19.7 Å². The second-order valence-electron chi connectivity index (χ2n) is 4.38. The molecule has 1 aromatic heterocycles. The van der Waals surface area contributed by atoms with Crippen LogP contribution in [0.1, 0.15) is 23.4 Å². The maximum Gasteiger partial charge on any atom is 0.257 e. The monoisotopic (exact) mass is 279 g/mol. The van der Waals surface area contributed by atoms with Crippen molar-refractivity contribution in [1.82, 2.24) is 15.5 Å². The zero-order valence-electron chi connectivity index (χ0n) is 10.3. The Balaban J connectivity index is 1.73. The zero-order chi connectivity index (χ0) is 13.1. The van der Waals surface area contributed by atoms with Gasteiger partial charge < -0.3 is 14.6 Å². The van der Waals surface area contributed by atoms with Crippen LogP contribution in [0.4, 0.5) is 0 Å². The molecule has 1 aliphatic heterocycles. The first-order valence-electron chi connectivity index (χ1n) is 6.21. The van der Waals surface area contributed by atoms with Crippen LogP contribution in [0.3, 0.4) is 0 Å². The number of benzene rings is 1. The van der Waals surface area contributed by atoms with Crippen molar-refractivity contribution >= 4 is 11.6 Å². The van der Waals surface area contributed by atoms with Crippen LogP contribution in [0.15, 0.2) is 28.8 Å². The number of morpholine rings is 1. The average molecular weight is 280 g/mol. The molecule has 1 atom stereocenters. The Morgan fingerprint density at radius 3 is 3.05 bits per heavy atom. The molecule has 19 heavy (non-hydrogen) atoms. The maximum absolute atomic E-state index is 6.11. The Labute approximate surface area is 115 Å². The average Bonchev–Trinajstić information content (AvgIpc) is 2.91. The normalized spacial score (nSPS) is 19.5. The van der Waals surface area contributed by atoms with Gasteiger partial charge in [0.2, 0.25) is 0 Å². The molecular formula is C13H14ClN3O2. The van der Waals surface area contributed by atoms with E-state index in [1.807, 2.05) is 24.3 Å². The number of nitrogens with one attached hydrogen (secondary N) is 1. The second-order valence-corrected chi connectivity index (χ2v) is 4.79. The largest absolute Gasteiger partial charge is 0.366 e. The molecule has 0 bridgehead atoms. The number of hydrogen-bond acceptors (Lipinski definition) is 5. The summed E-state index contributed by atoms with van der Waals surface area (Å²) in [5.41, 5.74) is 0.985. The van der Waals surface area contributed by atoms with E-state index in [9.17, 15) is 0 Å². The predicted octanol–water partition coefficient (Wildman–Crippen LogP) is 1.97. The molecular weight excluding hydrogens is 266 g/mol. The molecule has 3 rings (SSSR count). The van der Waals surface area contributed by atoms with E-state index < -0.39 is 0 Å². The van der Waals surface area contributed by atoms with Crippen molar-refractivity contribution in [3.63, 3.8) is 0 Å². The molecule has 2 aromatic rings. The van der Waals surface area contributed by atoms with Crippen molar-refractivity contribution in [3.05, 3.63) is 46.6 Å². The van der Waals surface area contributed by atoms with Crippen molar-refractivity contribution in [2.45, 2.75) is 12.5 Å². The Kier molecular flexibility index (Phi) is 3.77. The van der Waals surface area contributed by atoms with E-state index in [1.54, 1.807) is 0 Å². The highest BCUT2D eigenvalue weighted by Gasteiger charge is 2.22. The molecule has 2 heterocycles. The molecule has 1 saturated heterocycles. The summed E-state index contributed by atoms with van der Waals surface area (Å²) in [6.07, 6.45) is 0.407. The van der Waals surface area contributed by atoms with Gasteiger partial charge in [0.25, 0.3) is 5.89 Å². The standard InChI is InChI=1S/C13H14ClN3O2/c14-10-4-2-1-3-9(10)7-12-16-13(19-17-12)11-8-15-5-6-18-11/h1-4,11,15H,5-8H2/t11-/m0/s1. The number of nitrogens with zero attached hydrogens (tertiary/aromatic N) is 2. The highest BCUT2D eigenvalue weighted by molar-refractivity contribution is 6.31. The first-order chi connectivity index (χ1) is 9.33. The molecule has 1 aliphatic rings. The minimum atomic E-state index is -0.152. The molecule has 0 radical (unpaired) electrons. The molecule has 1 aromatic carbocycles.